The second kappa shape index (κ2) is 4.17. The summed E-state index contributed by atoms with van der Waals surface area (Å²) in [5.74, 6) is -5.42. The van der Waals surface area contributed by atoms with Crippen LogP contribution in [0.4, 0.5) is 14.5 Å². The Morgan fingerprint density at radius 1 is 1.22 bits per heavy atom. The molecule has 94 valence electrons. The fourth-order valence-electron chi connectivity index (χ4n) is 1.77. The number of carbonyl (C=O) groups is 3. The van der Waals surface area contributed by atoms with E-state index in [1.165, 1.54) is 0 Å². The summed E-state index contributed by atoms with van der Waals surface area (Å²) in [7, 11) is 0. The summed E-state index contributed by atoms with van der Waals surface area (Å²) < 4.78 is 26.9. The number of amides is 1. The quantitative estimate of drug-likeness (QED) is 0.816. The van der Waals surface area contributed by atoms with E-state index in [4.69, 9.17) is 5.11 Å². The number of hydrogen-bond acceptors (Lipinski definition) is 3. The molecular weight excluding hydrogens is 248 g/mol. The first kappa shape index (κ1) is 12.2. The van der Waals surface area contributed by atoms with Crippen molar-refractivity contribution in [3.63, 3.8) is 0 Å². The second-order valence-electron chi connectivity index (χ2n) is 3.68. The molecule has 5 nitrogen and oxygen atoms in total. The van der Waals surface area contributed by atoms with Gasteiger partial charge >= 0.3 is 5.97 Å². The average molecular weight is 255 g/mol. The summed E-state index contributed by atoms with van der Waals surface area (Å²) in [6.07, 6.45) is -0.464. The van der Waals surface area contributed by atoms with Gasteiger partial charge in [0.05, 0.1) is 17.7 Å². The van der Waals surface area contributed by atoms with E-state index in [0.29, 0.717) is 4.90 Å². The number of anilines is 1. The molecule has 18 heavy (non-hydrogen) atoms. The second-order valence-corrected chi connectivity index (χ2v) is 3.68. The van der Waals surface area contributed by atoms with Crippen molar-refractivity contribution in [2.45, 2.75) is 6.42 Å². The van der Waals surface area contributed by atoms with Gasteiger partial charge in [0, 0.05) is 6.54 Å². The molecule has 7 heteroatoms. The fraction of sp³-hybridized carbons (Fsp3) is 0.182. The van der Waals surface area contributed by atoms with E-state index >= 15 is 0 Å². The van der Waals surface area contributed by atoms with E-state index in [9.17, 15) is 23.2 Å². The number of Topliss-reactive ketones (excluding diaryl/α,β-unsaturated/α-hetero) is 1. The highest BCUT2D eigenvalue weighted by Gasteiger charge is 2.40. The Kier molecular flexibility index (Phi) is 2.82. The van der Waals surface area contributed by atoms with Crippen LogP contribution in [0.1, 0.15) is 16.8 Å². The Morgan fingerprint density at radius 3 is 2.44 bits per heavy atom. The van der Waals surface area contributed by atoms with E-state index < -0.39 is 47.0 Å². The number of halogens is 2. The molecule has 0 saturated carbocycles. The predicted molar refractivity (Wildman–Crippen MR) is 55.3 cm³/mol. The third kappa shape index (κ3) is 1.73. The van der Waals surface area contributed by atoms with Crippen molar-refractivity contribution in [2.75, 3.05) is 11.4 Å². The molecule has 0 saturated heterocycles. The normalized spacial score (nSPS) is 14.0. The average Bonchev–Trinajstić information content (AvgIpc) is 2.56. The number of nitrogens with zero attached hydrogens (tertiary/aromatic N) is 1. The maximum Gasteiger partial charge on any atom is 0.305 e. The lowest BCUT2D eigenvalue weighted by molar-refractivity contribution is -0.136. The molecule has 0 unspecified atom stereocenters. The number of carboxylic acids is 1. The zero-order valence-electron chi connectivity index (χ0n) is 8.94. The van der Waals surface area contributed by atoms with E-state index in [-0.39, 0.29) is 6.54 Å². The molecule has 1 heterocycles. The fourth-order valence-corrected chi connectivity index (χ4v) is 1.77. The van der Waals surface area contributed by atoms with Gasteiger partial charge in [-0.1, -0.05) is 0 Å². The Labute approximate surface area is 99.6 Å². The summed E-state index contributed by atoms with van der Waals surface area (Å²) in [6, 6.07) is 1.54. The third-order valence-corrected chi connectivity index (χ3v) is 2.56. The summed E-state index contributed by atoms with van der Waals surface area (Å²) in [4.78, 5) is 34.1. The van der Waals surface area contributed by atoms with Crippen LogP contribution in [0, 0.1) is 11.6 Å². The highest BCUT2D eigenvalue weighted by Crippen LogP contribution is 2.33. The summed E-state index contributed by atoms with van der Waals surface area (Å²) in [5, 5.41) is 8.51. The van der Waals surface area contributed by atoms with Crippen LogP contribution in [0.5, 0.6) is 0 Å². The monoisotopic (exact) mass is 255 g/mol. The highest BCUT2D eigenvalue weighted by atomic mass is 19.1. The van der Waals surface area contributed by atoms with Crippen LogP contribution in [0.15, 0.2) is 12.1 Å². The van der Waals surface area contributed by atoms with Crippen LogP contribution in [0.3, 0.4) is 0 Å². The Bertz CT molecular complexity index is 570. The van der Waals surface area contributed by atoms with E-state index in [0.717, 1.165) is 12.1 Å². The van der Waals surface area contributed by atoms with E-state index in [1.54, 1.807) is 0 Å². The number of benzene rings is 1. The Hall–Kier alpha value is -2.31. The number of carbonyl (C=O) groups excluding carboxylic acids is 2. The SMILES string of the molecule is O=C(O)CCN1C(=O)C(=O)c2c(F)ccc(F)c21. The van der Waals surface area contributed by atoms with Gasteiger partial charge in [0.25, 0.3) is 11.7 Å². The molecule has 0 aromatic heterocycles. The molecule has 0 bridgehead atoms. The van der Waals surface area contributed by atoms with Crippen molar-refractivity contribution in [1.82, 2.24) is 0 Å². The summed E-state index contributed by atoms with van der Waals surface area (Å²) in [5.41, 5.74) is -1.11. The van der Waals surface area contributed by atoms with Crippen LogP contribution < -0.4 is 4.90 Å². The topological polar surface area (TPSA) is 74.7 Å². The van der Waals surface area contributed by atoms with Crippen molar-refractivity contribution in [3.8, 4) is 0 Å². The van der Waals surface area contributed by atoms with Crippen molar-refractivity contribution >= 4 is 23.3 Å². The molecule has 1 aromatic carbocycles. The number of carboxylic acid groups (broad SMARTS) is 1. The smallest absolute Gasteiger partial charge is 0.305 e. The molecule has 0 atom stereocenters. The minimum atomic E-state index is -1.21. The lowest BCUT2D eigenvalue weighted by Gasteiger charge is -2.15. The molecule has 0 spiro atoms. The largest absolute Gasteiger partial charge is 0.481 e. The maximum atomic E-state index is 13.5. The first-order valence-corrected chi connectivity index (χ1v) is 4.99. The summed E-state index contributed by atoms with van der Waals surface area (Å²) >= 11 is 0. The van der Waals surface area contributed by atoms with Crippen LogP contribution in [-0.2, 0) is 9.59 Å². The summed E-state index contributed by atoms with van der Waals surface area (Å²) in [6.45, 7) is -0.382. The highest BCUT2D eigenvalue weighted by molar-refractivity contribution is 6.52. The van der Waals surface area contributed by atoms with Crippen molar-refractivity contribution in [2.24, 2.45) is 0 Å². The van der Waals surface area contributed by atoms with Gasteiger partial charge in [-0.2, -0.15) is 0 Å². The number of rotatable bonds is 3. The minimum Gasteiger partial charge on any atom is -0.481 e. The van der Waals surface area contributed by atoms with Crippen LogP contribution in [-0.4, -0.2) is 29.3 Å². The van der Waals surface area contributed by atoms with Crippen molar-refractivity contribution < 1.29 is 28.3 Å². The van der Waals surface area contributed by atoms with Gasteiger partial charge in [0.2, 0.25) is 0 Å². The first-order chi connectivity index (χ1) is 8.43. The Morgan fingerprint density at radius 2 is 1.83 bits per heavy atom. The van der Waals surface area contributed by atoms with Gasteiger partial charge in [-0.25, -0.2) is 8.78 Å². The molecule has 2 rings (SSSR count). The van der Waals surface area contributed by atoms with Crippen molar-refractivity contribution in [1.29, 1.82) is 0 Å². The van der Waals surface area contributed by atoms with Gasteiger partial charge in [-0.15, -0.1) is 0 Å². The molecule has 1 aliphatic rings. The van der Waals surface area contributed by atoms with Crippen LogP contribution >= 0.6 is 0 Å². The van der Waals surface area contributed by atoms with Crippen LogP contribution in [0.2, 0.25) is 0 Å². The number of aliphatic carboxylic acids is 1. The molecule has 1 aromatic rings. The third-order valence-electron chi connectivity index (χ3n) is 2.56. The molecular formula is C11H7F2NO4. The number of hydrogen-bond donors (Lipinski definition) is 1. The zero-order chi connectivity index (χ0) is 13.4. The molecule has 0 aliphatic carbocycles. The van der Waals surface area contributed by atoms with Gasteiger partial charge in [0.15, 0.2) is 0 Å². The van der Waals surface area contributed by atoms with Gasteiger partial charge in [-0.3, -0.25) is 14.4 Å². The lowest BCUT2D eigenvalue weighted by Crippen LogP contribution is -2.32. The molecule has 1 amide bonds. The first-order valence-electron chi connectivity index (χ1n) is 4.99. The number of ketones is 1. The lowest BCUT2D eigenvalue weighted by atomic mass is 10.1. The Balaban J connectivity index is 2.48. The molecule has 1 N–H and O–H groups in total. The molecule has 1 aliphatic heterocycles. The van der Waals surface area contributed by atoms with Gasteiger partial charge in [-0.05, 0) is 12.1 Å². The van der Waals surface area contributed by atoms with Crippen LogP contribution in [0.25, 0.3) is 0 Å². The van der Waals surface area contributed by atoms with E-state index in [2.05, 4.69) is 0 Å². The molecule has 0 fully saturated rings. The van der Waals surface area contributed by atoms with E-state index in [1.807, 2.05) is 0 Å². The standard InChI is InChI=1S/C11H7F2NO4/c12-5-1-2-6(13)9-8(5)10(17)11(18)14(9)4-3-7(15)16/h1-2H,3-4H2,(H,15,16). The van der Waals surface area contributed by atoms with Crippen molar-refractivity contribution in [3.05, 3.63) is 29.3 Å². The minimum absolute atomic E-state index is 0.382. The predicted octanol–water partition coefficient (Wildman–Crippen LogP) is 0.969. The van der Waals surface area contributed by atoms with Gasteiger partial charge < -0.3 is 10.0 Å². The zero-order valence-corrected chi connectivity index (χ0v) is 8.94. The van der Waals surface area contributed by atoms with Gasteiger partial charge in [0.1, 0.15) is 11.6 Å². The molecule has 0 radical (unpaired) electrons. The maximum absolute atomic E-state index is 13.5. The number of fused-ring (bicyclic) bond motifs is 1.